The van der Waals surface area contributed by atoms with Gasteiger partial charge in [0.2, 0.25) is 0 Å². The summed E-state index contributed by atoms with van der Waals surface area (Å²) in [4.78, 5) is 25.0. The van der Waals surface area contributed by atoms with Crippen molar-refractivity contribution < 1.29 is 19.4 Å². The van der Waals surface area contributed by atoms with E-state index in [0.717, 1.165) is 0 Å². The zero-order chi connectivity index (χ0) is 15.7. The largest absolute Gasteiger partial charge is 0.480 e. The molecule has 2 N–H and O–H groups in total. The maximum absolute atomic E-state index is 12.2. The molecule has 0 radical (unpaired) electrons. The van der Waals surface area contributed by atoms with E-state index in [2.05, 4.69) is 5.32 Å². The van der Waals surface area contributed by atoms with Crippen LogP contribution in [-0.4, -0.2) is 54.4 Å². The highest BCUT2D eigenvalue weighted by Gasteiger charge is 2.24. The number of aliphatic carboxylic acids is 1. The van der Waals surface area contributed by atoms with Crippen LogP contribution in [0.15, 0.2) is 0 Å². The van der Waals surface area contributed by atoms with Gasteiger partial charge >= 0.3 is 12.0 Å². The Morgan fingerprint density at radius 2 is 1.85 bits per heavy atom. The lowest BCUT2D eigenvalue weighted by molar-refractivity contribution is -0.139. The molecular weight excluding hydrogens is 260 g/mol. The van der Waals surface area contributed by atoms with Crippen molar-refractivity contribution in [1.82, 2.24) is 10.2 Å². The topological polar surface area (TPSA) is 78.9 Å². The molecule has 1 atom stereocenters. The molecule has 0 spiro atoms. The molecule has 0 heterocycles. The number of rotatable bonds is 9. The Balaban J connectivity index is 4.58. The lowest BCUT2D eigenvalue weighted by atomic mass is 10.1. The van der Waals surface area contributed by atoms with E-state index >= 15 is 0 Å². The van der Waals surface area contributed by atoms with Gasteiger partial charge in [0.25, 0.3) is 0 Å². The van der Waals surface area contributed by atoms with Gasteiger partial charge in [-0.05, 0) is 32.6 Å². The summed E-state index contributed by atoms with van der Waals surface area (Å²) in [7, 11) is 1.57. The van der Waals surface area contributed by atoms with Crippen molar-refractivity contribution in [3.63, 3.8) is 0 Å². The molecule has 6 nitrogen and oxygen atoms in total. The van der Waals surface area contributed by atoms with Crippen molar-refractivity contribution >= 4 is 12.0 Å². The van der Waals surface area contributed by atoms with E-state index in [1.807, 2.05) is 27.7 Å². The highest BCUT2D eigenvalue weighted by molar-refractivity contribution is 5.82. The monoisotopic (exact) mass is 288 g/mol. The van der Waals surface area contributed by atoms with E-state index in [0.29, 0.717) is 31.9 Å². The summed E-state index contributed by atoms with van der Waals surface area (Å²) in [5.74, 6) is -0.678. The lowest BCUT2D eigenvalue weighted by Crippen LogP contribution is -2.51. The summed E-state index contributed by atoms with van der Waals surface area (Å²) in [5.41, 5.74) is 0. The zero-order valence-corrected chi connectivity index (χ0v) is 13.2. The summed E-state index contributed by atoms with van der Waals surface area (Å²) in [6, 6.07) is -1.16. The van der Waals surface area contributed by atoms with E-state index in [1.165, 1.54) is 0 Å². The molecule has 2 amide bonds. The van der Waals surface area contributed by atoms with Crippen LogP contribution >= 0.6 is 0 Å². The van der Waals surface area contributed by atoms with Crippen LogP contribution in [0.4, 0.5) is 4.79 Å². The minimum atomic E-state index is -1.01. The van der Waals surface area contributed by atoms with Gasteiger partial charge in [-0.1, -0.05) is 13.8 Å². The van der Waals surface area contributed by atoms with Crippen LogP contribution in [0.3, 0.4) is 0 Å². The molecular formula is C14H28N2O4. The number of carboxylic acid groups (broad SMARTS) is 1. The molecule has 0 bridgehead atoms. The molecule has 0 fully saturated rings. The van der Waals surface area contributed by atoms with Crippen molar-refractivity contribution in [1.29, 1.82) is 0 Å². The molecule has 0 saturated carbocycles. The van der Waals surface area contributed by atoms with Crippen molar-refractivity contribution in [3.05, 3.63) is 0 Å². The lowest BCUT2D eigenvalue weighted by Gasteiger charge is -2.30. The van der Waals surface area contributed by atoms with Gasteiger partial charge in [-0.2, -0.15) is 0 Å². The fourth-order valence-electron chi connectivity index (χ4n) is 1.84. The van der Waals surface area contributed by atoms with Gasteiger partial charge in [-0.15, -0.1) is 0 Å². The van der Waals surface area contributed by atoms with E-state index in [9.17, 15) is 9.59 Å². The predicted octanol–water partition coefficient (Wildman–Crippen LogP) is 1.94. The second-order valence-corrected chi connectivity index (χ2v) is 5.62. The second kappa shape index (κ2) is 9.58. The van der Waals surface area contributed by atoms with Gasteiger partial charge in [0.05, 0.1) is 0 Å². The van der Waals surface area contributed by atoms with Crippen LogP contribution in [-0.2, 0) is 9.53 Å². The maximum atomic E-state index is 12.2. The fourth-order valence-corrected chi connectivity index (χ4v) is 1.84. The first-order valence-electron chi connectivity index (χ1n) is 7.08. The van der Waals surface area contributed by atoms with Crippen LogP contribution in [0.25, 0.3) is 0 Å². The number of amides is 2. The van der Waals surface area contributed by atoms with Crippen LogP contribution in [0.5, 0.6) is 0 Å². The van der Waals surface area contributed by atoms with Crippen LogP contribution in [0, 0.1) is 5.92 Å². The minimum Gasteiger partial charge on any atom is -0.480 e. The van der Waals surface area contributed by atoms with Gasteiger partial charge in [0.15, 0.2) is 0 Å². The summed E-state index contributed by atoms with van der Waals surface area (Å²) in [5, 5.41) is 11.7. The van der Waals surface area contributed by atoms with Crippen molar-refractivity contribution in [2.24, 2.45) is 5.92 Å². The third kappa shape index (κ3) is 7.33. The predicted molar refractivity (Wildman–Crippen MR) is 77.7 cm³/mol. The average molecular weight is 288 g/mol. The Morgan fingerprint density at radius 3 is 2.25 bits per heavy atom. The first kappa shape index (κ1) is 18.7. The molecule has 0 aliphatic carbocycles. The zero-order valence-electron chi connectivity index (χ0n) is 13.2. The normalized spacial score (nSPS) is 12.6. The molecule has 6 heteroatoms. The molecule has 0 aromatic carbocycles. The minimum absolute atomic E-state index is 0.0332. The third-order valence-corrected chi connectivity index (χ3v) is 2.88. The van der Waals surface area contributed by atoms with Crippen molar-refractivity contribution in [2.75, 3.05) is 20.3 Å². The summed E-state index contributed by atoms with van der Waals surface area (Å²) in [6.07, 6.45) is 0.960. The second-order valence-electron chi connectivity index (χ2n) is 5.62. The molecule has 118 valence electrons. The van der Waals surface area contributed by atoms with Gasteiger partial charge < -0.3 is 20.1 Å². The number of nitrogens with one attached hydrogen (secondary N) is 1. The van der Waals surface area contributed by atoms with E-state index in [1.54, 1.807) is 12.0 Å². The number of hydrogen-bond acceptors (Lipinski definition) is 3. The SMILES string of the molecule is COCCCC(NC(=O)N(CC(C)C)C(C)C)C(=O)O. The van der Waals surface area contributed by atoms with Crippen LogP contribution in [0.2, 0.25) is 0 Å². The first-order chi connectivity index (χ1) is 9.29. The molecule has 0 aliphatic heterocycles. The molecule has 20 heavy (non-hydrogen) atoms. The Hall–Kier alpha value is -1.30. The van der Waals surface area contributed by atoms with Gasteiger partial charge in [-0.3, -0.25) is 0 Å². The van der Waals surface area contributed by atoms with Gasteiger partial charge in [-0.25, -0.2) is 9.59 Å². The van der Waals surface area contributed by atoms with Crippen molar-refractivity contribution in [2.45, 2.75) is 52.6 Å². The molecule has 0 aromatic heterocycles. The quantitative estimate of drug-likeness (QED) is 0.636. The van der Waals surface area contributed by atoms with Crippen LogP contribution < -0.4 is 5.32 Å². The smallest absolute Gasteiger partial charge is 0.326 e. The molecule has 0 aromatic rings. The summed E-state index contributed by atoms with van der Waals surface area (Å²) < 4.78 is 4.90. The Labute approximate surface area is 121 Å². The third-order valence-electron chi connectivity index (χ3n) is 2.88. The van der Waals surface area contributed by atoms with E-state index in [4.69, 9.17) is 9.84 Å². The summed E-state index contributed by atoms with van der Waals surface area (Å²) in [6.45, 7) is 8.98. The number of hydrogen-bond donors (Lipinski definition) is 2. The molecule has 1 unspecified atom stereocenters. The highest BCUT2D eigenvalue weighted by Crippen LogP contribution is 2.06. The number of ether oxygens (including phenoxy) is 1. The summed E-state index contributed by atoms with van der Waals surface area (Å²) >= 11 is 0. The van der Waals surface area contributed by atoms with Gasteiger partial charge in [0, 0.05) is 26.3 Å². The highest BCUT2D eigenvalue weighted by atomic mass is 16.5. The Kier molecular flexibility index (Phi) is 8.96. The fraction of sp³-hybridized carbons (Fsp3) is 0.857. The van der Waals surface area contributed by atoms with Crippen molar-refractivity contribution in [3.8, 4) is 0 Å². The molecule has 0 aliphatic rings. The number of urea groups is 1. The number of carbonyl (C=O) groups excluding carboxylic acids is 1. The number of methoxy groups -OCH3 is 1. The van der Waals surface area contributed by atoms with E-state index < -0.39 is 12.0 Å². The Morgan fingerprint density at radius 1 is 1.25 bits per heavy atom. The molecule has 0 saturated heterocycles. The average Bonchev–Trinajstić information content (AvgIpc) is 2.33. The Bertz CT molecular complexity index is 306. The maximum Gasteiger partial charge on any atom is 0.326 e. The first-order valence-corrected chi connectivity index (χ1v) is 7.08. The number of nitrogens with zero attached hydrogens (tertiary/aromatic N) is 1. The number of carbonyl (C=O) groups is 2. The van der Waals surface area contributed by atoms with E-state index in [-0.39, 0.29) is 12.1 Å². The molecule has 0 rings (SSSR count). The van der Waals surface area contributed by atoms with Gasteiger partial charge in [0.1, 0.15) is 6.04 Å². The van der Waals surface area contributed by atoms with Crippen LogP contribution in [0.1, 0.15) is 40.5 Å². The standard InChI is InChI=1S/C14H28N2O4/c1-10(2)9-16(11(3)4)14(19)15-12(13(17)18)7-6-8-20-5/h10-12H,6-9H2,1-5H3,(H,15,19)(H,17,18). The number of carboxylic acids is 1.